The molecule has 0 unspecified atom stereocenters. The third kappa shape index (κ3) is 3.17. The molecule has 1 aromatic heterocycles. The Bertz CT molecular complexity index is 485. The molecule has 0 atom stereocenters. The van der Waals surface area contributed by atoms with Crippen molar-refractivity contribution in [3.05, 3.63) is 54.1 Å². The number of rotatable bonds is 4. The van der Waals surface area contributed by atoms with E-state index in [4.69, 9.17) is 5.73 Å². The second-order valence-corrected chi connectivity index (χ2v) is 3.77. The summed E-state index contributed by atoms with van der Waals surface area (Å²) < 4.78 is 13.2. The fourth-order valence-electron chi connectivity index (χ4n) is 1.54. The molecule has 0 saturated heterocycles. The van der Waals surface area contributed by atoms with E-state index in [1.54, 1.807) is 24.5 Å². The van der Waals surface area contributed by atoms with E-state index in [1.165, 1.54) is 11.6 Å². The molecule has 0 aliphatic heterocycles. The number of pyridine rings is 1. The van der Waals surface area contributed by atoms with Crippen LogP contribution in [0, 0.1) is 5.82 Å². The summed E-state index contributed by atoms with van der Waals surface area (Å²) in [6.45, 7) is 0.743. The largest absolute Gasteiger partial charge is 0.396 e. The molecule has 88 valence electrons. The van der Waals surface area contributed by atoms with Crippen molar-refractivity contribution >= 4 is 11.4 Å². The predicted molar refractivity (Wildman–Crippen MR) is 67.2 cm³/mol. The second-order valence-electron chi connectivity index (χ2n) is 3.77. The van der Waals surface area contributed by atoms with Gasteiger partial charge in [-0.05, 0) is 42.3 Å². The van der Waals surface area contributed by atoms with Gasteiger partial charge in [0.2, 0.25) is 0 Å². The van der Waals surface area contributed by atoms with Crippen LogP contribution in [-0.4, -0.2) is 11.5 Å². The lowest BCUT2D eigenvalue weighted by atomic mass is 10.2. The molecule has 1 heterocycles. The van der Waals surface area contributed by atoms with Crippen LogP contribution in [0.1, 0.15) is 5.56 Å². The van der Waals surface area contributed by atoms with Crippen LogP contribution in [0.3, 0.4) is 0 Å². The highest BCUT2D eigenvalue weighted by molar-refractivity contribution is 5.52. The number of nitrogens with zero attached hydrogens (tertiary/aromatic N) is 1. The van der Waals surface area contributed by atoms with E-state index in [0.717, 1.165) is 18.7 Å². The summed E-state index contributed by atoms with van der Waals surface area (Å²) in [5, 5.41) is 3.15. The van der Waals surface area contributed by atoms with E-state index >= 15 is 0 Å². The van der Waals surface area contributed by atoms with E-state index in [1.807, 2.05) is 12.1 Å². The number of hydrogen-bond acceptors (Lipinski definition) is 3. The van der Waals surface area contributed by atoms with Crippen molar-refractivity contribution in [1.29, 1.82) is 0 Å². The number of anilines is 2. The highest BCUT2D eigenvalue weighted by Gasteiger charge is 1.99. The Morgan fingerprint density at radius 3 is 2.65 bits per heavy atom. The van der Waals surface area contributed by atoms with Gasteiger partial charge in [-0.3, -0.25) is 4.98 Å². The summed E-state index contributed by atoms with van der Waals surface area (Å²) in [6.07, 6.45) is 4.39. The van der Waals surface area contributed by atoms with Gasteiger partial charge in [-0.2, -0.15) is 0 Å². The maximum atomic E-state index is 13.2. The Labute approximate surface area is 99.5 Å². The molecule has 0 aliphatic carbocycles. The lowest BCUT2D eigenvalue weighted by Gasteiger charge is -2.07. The summed E-state index contributed by atoms with van der Waals surface area (Å²) in [5.74, 6) is -0.390. The van der Waals surface area contributed by atoms with Crippen LogP contribution in [0.4, 0.5) is 15.8 Å². The summed E-state index contributed by atoms with van der Waals surface area (Å²) >= 11 is 0. The Morgan fingerprint density at radius 2 is 1.94 bits per heavy atom. The zero-order valence-corrected chi connectivity index (χ0v) is 9.36. The number of nitrogens with one attached hydrogen (secondary N) is 1. The molecule has 2 aromatic rings. The highest BCUT2D eigenvalue weighted by Crippen LogP contribution is 2.15. The van der Waals surface area contributed by atoms with Crippen LogP contribution >= 0.6 is 0 Å². The van der Waals surface area contributed by atoms with E-state index < -0.39 is 0 Å². The van der Waals surface area contributed by atoms with Gasteiger partial charge in [0.25, 0.3) is 0 Å². The number of hydrogen-bond donors (Lipinski definition) is 2. The molecule has 0 saturated carbocycles. The van der Waals surface area contributed by atoms with Crippen LogP contribution < -0.4 is 11.1 Å². The first-order valence-electron chi connectivity index (χ1n) is 5.43. The fraction of sp³-hybridized carbons (Fsp3) is 0.154. The first kappa shape index (κ1) is 11.4. The Balaban J connectivity index is 1.88. The van der Waals surface area contributed by atoms with Crippen molar-refractivity contribution in [3.63, 3.8) is 0 Å². The Morgan fingerprint density at radius 1 is 1.18 bits per heavy atom. The standard InChI is InChI=1S/C13H14FN3/c14-12-9-11(1-2-13(12)15)17-8-5-10-3-6-16-7-4-10/h1-4,6-7,9,17H,5,8,15H2. The third-order valence-corrected chi connectivity index (χ3v) is 2.49. The zero-order chi connectivity index (χ0) is 12.1. The quantitative estimate of drug-likeness (QED) is 0.795. The number of halogens is 1. The second kappa shape index (κ2) is 5.30. The Kier molecular flexibility index (Phi) is 3.55. The van der Waals surface area contributed by atoms with Gasteiger partial charge in [0.15, 0.2) is 0 Å². The van der Waals surface area contributed by atoms with E-state index in [2.05, 4.69) is 10.3 Å². The average molecular weight is 231 g/mol. The first-order chi connectivity index (χ1) is 8.25. The van der Waals surface area contributed by atoms with Gasteiger partial charge in [-0.1, -0.05) is 0 Å². The van der Waals surface area contributed by atoms with Crippen molar-refractivity contribution in [2.75, 3.05) is 17.6 Å². The molecule has 17 heavy (non-hydrogen) atoms. The van der Waals surface area contributed by atoms with Crippen molar-refractivity contribution in [1.82, 2.24) is 4.98 Å². The van der Waals surface area contributed by atoms with Crippen LogP contribution in [0.25, 0.3) is 0 Å². The number of benzene rings is 1. The minimum atomic E-state index is -0.390. The first-order valence-corrected chi connectivity index (χ1v) is 5.43. The molecule has 0 bridgehead atoms. The lowest BCUT2D eigenvalue weighted by molar-refractivity contribution is 0.633. The van der Waals surface area contributed by atoms with Gasteiger partial charge in [-0.15, -0.1) is 0 Å². The number of nitrogens with two attached hydrogens (primary N) is 1. The minimum absolute atomic E-state index is 0.171. The highest BCUT2D eigenvalue weighted by atomic mass is 19.1. The monoisotopic (exact) mass is 231 g/mol. The predicted octanol–water partition coefficient (Wildman–Crippen LogP) is 2.46. The molecule has 2 rings (SSSR count). The van der Waals surface area contributed by atoms with E-state index in [-0.39, 0.29) is 11.5 Å². The van der Waals surface area contributed by atoms with Gasteiger partial charge >= 0.3 is 0 Å². The van der Waals surface area contributed by atoms with E-state index in [0.29, 0.717) is 0 Å². The van der Waals surface area contributed by atoms with Gasteiger partial charge < -0.3 is 11.1 Å². The summed E-state index contributed by atoms with van der Waals surface area (Å²) in [5.41, 5.74) is 7.51. The summed E-state index contributed by atoms with van der Waals surface area (Å²) in [4.78, 5) is 3.95. The number of nitrogen functional groups attached to an aromatic ring is 1. The van der Waals surface area contributed by atoms with Crippen LogP contribution in [0.2, 0.25) is 0 Å². The molecule has 1 aromatic carbocycles. The molecule has 0 spiro atoms. The molecular formula is C13H14FN3. The molecule has 0 amide bonds. The summed E-state index contributed by atoms with van der Waals surface area (Å²) in [7, 11) is 0. The molecular weight excluding hydrogens is 217 g/mol. The van der Waals surface area contributed by atoms with Crippen molar-refractivity contribution in [3.8, 4) is 0 Å². The molecule has 3 N–H and O–H groups in total. The van der Waals surface area contributed by atoms with Crippen LogP contribution in [-0.2, 0) is 6.42 Å². The molecule has 4 heteroatoms. The van der Waals surface area contributed by atoms with Gasteiger partial charge in [0.1, 0.15) is 5.82 Å². The smallest absolute Gasteiger partial charge is 0.148 e. The Hall–Kier alpha value is -2.10. The van der Waals surface area contributed by atoms with Gasteiger partial charge in [0, 0.05) is 24.6 Å². The average Bonchev–Trinajstić information content (AvgIpc) is 2.35. The van der Waals surface area contributed by atoms with Gasteiger partial charge in [-0.25, -0.2) is 4.39 Å². The number of aromatic nitrogens is 1. The van der Waals surface area contributed by atoms with Gasteiger partial charge in [0.05, 0.1) is 5.69 Å². The normalized spacial score (nSPS) is 10.2. The molecule has 3 nitrogen and oxygen atoms in total. The maximum Gasteiger partial charge on any atom is 0.148 e. The van der Waals surface area contributed by atoms with Crippen LogP contribution in [0.5, 0.6) is 0 Å². The topological polar surface area (TPSA) is 50.9 Å². The molecule has 0 radical (unpaired) electrons. The maximum absolute atomic E-state index is 13.2. The van der Waals surface area contributed by atoms with E-state index in [9.17, 15) is 4.39 Å². The minimum Gasteiger partial charge on any atom is -0.396 e. The zero-order valence-electron chi connectivity index (χ0n) is 9.36. The lowest BCUT2D eigenvalue weighted by Crippen LogP contribution is -2.05. The fourth-order valence-corrected chi connectivity index (χ4v) is 1.54. The van der Waals surface area contributed by atoms with Crippen molar-refractivity contribution in [2.24, 2.45) is 0 Å². The van der Waals surface area contributed by atoms with Crippen molar-refractivity contribution < 1.29 is 4.39 Å². The third-order valence-electron chi connectivity index (χ3n) is 2.49. The molecule has 0 fully saturated rings. The summed E-state index contributed by atoms with van der Waals surface area (Å²) in [6, 6.07) is 8.66. The molecule has 0 aliphatic rings. The van der Waals surface area contributed by atoms with Crippen LogP contribution in [0.15, 0.2) is 42.7 Å². The SMILES string of the molecule is Nc1ccc(NCCc2ccncc2)cc1F. The van der Waals surface area contributed by atoms with Crippen molar-refractivity contribution in [2.45, 2.75) is 6.42 Å².